The van der Waals surface area contributed by atoms with Gasteiger partial charge in [0.2, 0.25) is 0 Å². The van der Waals surface area contributed by atoms with Crippen molar-refractivity contribution in [2.45, 2.75) is 37.5 Å². The second kappa shape index (κ2) is 15.2. The van der Waals surface area contributed by atoms with E-state index in [9.17, 15) is 0 Å². The zero-order valence-electron chi connectivity index (χ0n) is 33.4. The van der Waals surface area contributed by atoms with Crippen LogP contribution >= 0.6 is 0 Å². The topological polar surface area (TPSA) is 38.7 Å². The Balaban J connectivity index is 0.869. The van der Waals surface area contributed by atoms with Gasteiger partial charge in [-0.15, -0.1) is 0 Å². The molecule has 11 rings (SSSR count). The Kier molecular flexibility index (Phi) is 9.08. The summed E-state index contributed by atoms with van der Waals surface area (Å²) >= 11 is 0. The number of benzene rings is 8. The first-order valence-corrected chi connectivity index (χ1v) is 21.2. The summed E-state index contributed by atoms with van der Waals surface area (Å²) in [5, 5.41) is 0. The molecule has 0 unspecified atom stereocenters. The summed E-state index contributed by atoms with van der Waals surface area (Å²) in [6.45, 7) is 0. The van der Waals surface area contributed by atoms with Crippen LogP contribution in [-0.2, 0) is 5.41 Å². The highest BCUT2D eigenvalue weighted by atomic mass is 15.0. The van der Waals surface area contributed by atoms with E-state index in [-0.39, 0.29) is 5.41 Å². The van der Waals surface area contributed by atoms with Crippen LogP contribution in [0.15, 0.2) is 200 Å². The van der Waals surface area contributed by atoms with Crippen molar-refractivity contribution in [3.8, 4) is 89.8 Å². The van der Waals surface area contributed by atoms with Crippen molar-refractivity contribution in [3.63, 3.8) is 0 Å². The lowest BCUT2D eigenvalue weighted by Crippen LogP contribution is -2.27. The summed E-state index contributed by atoms with van der Waals surface area (Å²) in [4.78, 5) is 15.0. The first kappa shape index (κ1) is 35.9. The maximum Gasteiger partial charge on any atom is 0.164 e. The van der Waals surface area contributed by atoms with Crippen LogP contribution in [-0.4, -0.2) is 15.0 Å². The van der Waals surface area contributed by atoms with Gasteiger partial charge in [0.1, 0.15) is 0 Å². The standard InChI is InChI=1S/C57H43N3/c1-4-14-39(15-5-1)46-19-13-21-49(37-46)56-59-54(43-16-6-2-7-17-43)58-55(60-56)44-30-28-41(29-31-44)40-24-26-42(27-25-40)45-18-12-20-47(36-45)48-32-33-53-51(38-48)50-22-8-9-23-52(50)57(53)34-10-3-11-35-57/h1-2,4-9,12-33,36-38H,3,10-11,34-35H2. The summed E-state index contributed by atoms with van der Waals surface area (Å²) in [6.07, 6.45) is 6.48. The van der Waals surface area contributed by atoms with Crippen molar-refractivity contribution in [1.29, 1.82) is 0 Å². The van der Waals surface area contributed by atoms with Crippen molar-refractivity contribution in [1.82, 2.24) is 15.0 Å². The zero-order chi connectivity index (χ0) is 39.9. The predicted octanol–water partition coefficient (Wildman–Crippen LogP) is 14.8. The van der Waals surface area contributed by atoms with Gasteiger partial charge in [0.25, 0.3) is 0 Å². The fourth-order valence-corrected chi connectivity index (χ4v) is 9.70. The lowest BCUT2D eigenvalue weighted by atomic mass is 9.68. The van der Waals surface area contributed by atoms with Gasteiger partial charge >= 0.3 is 0 Å². The molecule has 0 aliphatic heterocycles. The summed E-state index contributed by atoms with van der Waals surface area (Å²) in [6, 6.07) is 71.9. The van der Waals surface area contributed by atoms with E-state index in [1.165, 1.54) is 71.0 Å². The summed E-state index contributed by atoms with van der Waals surface area (Å²) < 4.78 is 0. The van der Waals surface area contributed by atoms with Crippen LogP contribution in [0.5, 0.6) is 0 Å². The van der Waals surface area contributed by atoms with Crippen LogP contribution in [0.3, 0.4) is 0 Å². The second-order valence-corrected chi connectivity index (χ2v) is 16.3. The second-order valence-electron chi connectivity index (χ2n) is 16.3. The number of rotatable bonds is 7. The molecule has 0 bridgehead atoms. The third kappa shape index (κ3) is 6.53. The predicted molar refractivity (Wildman–Crippen MR) is 247 cm³/mol. The minimum absolute atomic E-state index is 0.185. The lowest BCUT2D eigenvalue weighted by molar-refractivity contribution is 0.353. The molecule has 1 fully saturated rings. The molecule has 9 aromatic rings. The Hall–Kier alpha value is -7.23. The minimum atomic E-state index is 0.185. The number of aromatic nitrogens is 3. The van der Waals surface area contributed by atoms with Crippen LogP contribution in [0.4, 0.5) is 0 Å². The third-order valence-electron chi connectivity index (χ3n) is 12.8. The largest absolute Gasteiger partial charge is 0.208 e. The highest BCUT2D eigenvalue weighted by molar-refractivity contribution is 5.86. The first-order valence-electron chi connectivity index (χ1n) is 21.2. The summed E-state index contributed by atoms with van der Waals surface area (Å²) in [7, 11) is 0. The Morgan fingerprint density at radius 3 is 1.28 bits per heavy atom. The van der Waals surface area contributed by atoms with E-state index in [1.807, 2.05) is 36.4 Å². The van der Waals surface area contributed by atoms with Crippen LogP contribution in [0.25, 0.3) is 89.8 Å². The molecule has 2 aliphatic rings. The fraction of sp³-hybridized carbons (Fsp3) is 0.105. The van der Waals surface area contributed by atoms with Crippen molar-refractivity contribution in [3.05, 3.63) is 211 Å². The molecule has 1 aromatic heterocycles. The highest BCUT2D eigenvalue weighted by Crippen LogP contribution is 2.56. The van der Waals surface area contributed by atoms with Gasteiger partial charge in [-0.3, -0.25) is 0 Å². The maximum absolute atomic E-state index is 5.04. The van der Waals surface area contributed by atoms with Crippen molar-refractivity contribution in [2.75, 3.05) is 0 Å². The molecule has 1 spiro atoms. The van der Waals surface area contributed by atoms with Crippen LogP contribution in [0, 0.1) is 0 Å². The molecule has 3 heteroatoms. The van der Waals surface area contributed by atoms with E-state index in [4.69, 9.17) is 15.0 Å². The molecular formula is C57H43N3. The van der Waals surface area contributed by atoms with Crippen molar-refractivity contribution >= 4 is 0 Å². The lowest BCUT2D eigenvalue weighted by Gasteiger charge is -2.36. The van der Waals surface area contributed by atoms with E-state index in [0.717, 1.165) is 38.9 Å². The molecule has 0 radical (unpaired) electrons. The smallest absolute Gasteiger partial charge is 0.164 e. The van der Waals surface area contributed by atoms with Gasteiger partial charge in [-0.05, 0) is 97.8 Å². The number of hydrogen-bond donors (Lipinski definition) is 0. The molecule has 286 valence electrons. The molecule has 0 atom stereocenters. The van der Waals surface area contributed by atoms with Gasteiger partial charge in [-0.2, -0.15) is 0 Å². The van der Waals surface area contributed by atoms with Gasteiger partial charge in [0.05, 0.1) is 0 Å². The minimum Gasteiger partial charge on any atom is -0.208 e. The van der Waals surface area contributed by atoms with Crippen molar-refractivity contribution < 1.29 is 0 Å². The molecule has 1 heterocycles. The molecule has 1 saturated carbocycles. The third-order valence-corrected chi connectivity index (χ3v) is 12.8. The first-order chi connectivity index (χ1) is 29.7. The molecule has 60 heavy (non-hydrogen) atoms. The zero-order valence-corrected chi connectivity index (χ0v) is 33.4. The van der Waals surface area contributed by atoms with E-state index in [2.05, 4.69) is 164 Å². The molecule has 0 amide bonds. The normalized spacial score (nSPS) is 13.8. The molecule has 0 N–H and O–H groups in total. The van der Waals surface area contributed by atoms with E-state index >= 15 is 0 Å². The highest BCUT2D eigenvalue weighted by Gasteiger charge is 2.43. The molecule has 3 nitrogen and oxygen atoms in total. The molecule has 0 saturated heterocycles. The Bertz CT molecular complexity index is 2980. The average Bonchev–Trinajstić information content (AvgIpc) is 3.60. The SMILES string of the molecule is c1ccc(-c2cccc(-c3nc(-c4ccccc4)nc(-c4ccc(-c5ccc(-c6cccc(-c7ccc8c(c7)-c7ccccc7C87CCCCC7)c6)cc5)cc4)n3)c2)cc1. The molecule has 2 aliphatic carbocycles. The van der Waals surface area contributed by atoms with Gasteiger partial charge < -0.3 is 0 Å². The van der Waals surface area contributed by atoms with E-state index < -0.39 is 0 Å². The summed E-state index contributed by atoms with van der Waals surface area (Å²) in [5.74, 6) is 1.94. The molecule has 8 aromatic carbocycles. The number of hydrogen-bond acceptors (Lipinski definition) is 3. The Morgan fingerprint density at radius 1 is 0.267 bits per heavy atom. The van der Waals surface area contributed by atoms with E-state index in [0.29, 0.717) is 17.5 Å². The average molecular weight is 770 g/mol. The monoisotopic (exact) mass is 769 g/mol. The Labute approximate surface area is 352 Å². The molecular weight excluding hydrogens is 727 g/mol. The van der Waals surface area contributed by atoms with E-state index in [1.54, 1.807) is 5.56 Å². The van der Waals surface area contributed by atoms with Crippen LogP contribution < -0.4 is 0 Å². The maximum atomic E-state index is 5.04. The number of nitrogens with zero attached hydrogens (tertiary/aromatic N) is 3. The van der Waals surface area contributed by atoms with Crippen LogP contribution in [0.1, 0.15) is 43.2 Å². The number of fused-ring (bicyclic) bond motifs is 5. The van der Waals surface area contributed by atoms with Crippen molar-refractivity contribution in [2.24, 2.45) is 0 Å². The Morgan fingerprint density at radius 2 is 0.650 bits per heavy atom. The quantitative estimate of drug-likeness (QED) is 0.162. The van der Waals surface area contributed by atoms with Gasteiger partial charge in [0, 0.05) is 22.1 Å². The van der Waals surface area contributed by atoms with Gasteiger partial charge in [-0.1, -0.05) is 201 Å². The van der Waals surface area contributed by atoms with Gasteiger partial charge in [0.15, 0.2) is 17.5 Å². The van der Waals surface area contributed by atoms with Crippen LogP contribution in [0.2, 0.25) is 0 Å². The van der Waals surface area contributed by atoms with Gasteiger partial charge in [-0.25, -0.2) is 15.0 Å². The summed E-state index contributed by atoms with van der Waals surface area (Å²) in [5.41, 5.74) is 18.5. The fourth-order valence-electron chi connectivity index (χ4n) is 9.70.